The lowest BCUT2D eigenvalue weighted by Gasteiger charge is -2.42. The Balaban J connectivity index is 1.28. The molecule has 232 valence electrons. The van der Waals surface area contributed by atoms with Crippen LogP contribution in [0.2, 0.25) is 0 Å². The molecule has 0 bridgehead atoms. The van der Waals surface area contributed by atoms with E-state index >= 15 is 0 Å². The van der Waals surface area contributed by atoms with Gasteiger partial charge in [-0.2, -0.15) is 0 Å². The molecule has 1 aliphatic carbocycles. The van der Waals surface area contributed by atoms with Gasteiger partial charge in [-0.3, -0.25) is 0 Å². The van der Waals surface area contributed by atoms with Crippen LogP contribution in [0.25, 0.3) is 6.08 Å². The molecule has 1 saturated carbocycles. The predicted molar refractivity (Wildman–Crippen MR) is 160 cm³/mol. The van der Waals surface area contributed by atoms with Crippen LogP contribution in [0.3, 0.4) is 0 Å². The molecule has 2 aromatic carbocycles. The Morgan fingerprint density at radius 3 is 2.33 bits per heavy atom. The van der Waals surface area contributed by atoms with E-state index in [4.69, 9.17) is 33.2 Å². The molecule has 9 heteroatoms. The largest absolute Gasteiger partial charge is 0.493 e. The maximum atomic E-state index is 13.1. The number of hydrogen-bond donors (Lipinski definition) is 1. The van der Waals surface area contributed by atoms with Gasteiger partial charge in [0.2, 0.25) is 5.75 Å². The molecule has 3 fully saturated rings. The average molecular weight is 595 g/mol. The van der Waals surface area contributed by atoms with Crippen LogP contribution in [-0.2, 0) is 30.3 Å². The molecule has 5 rings (SSSR count). The van der Waals surface area contributed by atoms with Crippen LogP contribution in [0, 0.1) is 5.92 Å². The lowest BCUT2D eigenvalue weighted by molar-refractivity contribution is -0.166. The number of aliphatic hydroxyl groups is 1. The molecule has 0 unspecified atom stereocenters. The van der Waals surface area contributed by atoms with Crippen molar-refractivity contribution in [2.24, 2.45) is 5.92 Å². The number of carbonyl (C=O) groups excluding carboxylic acids is 1. The van der Waals surface area contributed by atoms with Crippen LogP contribution in [0.1, 0.15) is 51.2 Å². The second-order valence-corrected chi connectivity index (χ2v) is 11.8. The lowest BCUT2D eigenvalue weighted by atomic mass is 9.68. The van der Waals surface area contributed by atoms with Gasteiger partial charge in [-0.1, -0.05) is 23.8 Å². The van der Waals surface area contributed by atoms with Crippen molar-refractivity contribution in [2.75, 3.05) is 27.9 Å². The molecule has 2 heterocycles. The first-order valence-electron chi connectivity index (χ1n) is 14.7. The van der Waals surface area contributed by atoms with Gasteiger partial charge in [0.15, 0.2) is 11.5 Å². The number of esters is 1. The number of carbonyl (C=O) groups is 1. The zero-order valence-corrected chi connectivity index (χ0v) is 25.8. The maximum Gasteiger partial charge on any atom is 0.331 e. The van der Waals surface area contributed by atoms with E-state index in [1.807, 2.05) is 0 Å². The molecule has 0 aromatic heterocycles. The first kappa shape index (κ1) is 31.1. The Morgan fingerprint density at radius 1 is 1.09 bits per heavy atom. The summed E-state index contributed by atoms with van der Waals surface area (Å²) >= 11 is 0. The highest BCUT2D eigenvalue weighted by atomic mass is 16.6. The number of allylic oxidation sites excluding steroid dienone is 1. The van der Waals surface area contributed by atoms with Gasteiger partial charge in [0, 0.05) is 13.2 Å². The van der Waals surface area contributed by atoms with Crippen LogP contribution in [0.15, 0.2) is 54.1 Å². The molecule has 6 atom stereocenters. The van der Waals surface area contributed by atoms with E-state index in [1.165, 1.54) is 25.9 Å². The fourth-order valence-electron chi connectivity index (χ4n) is 6.30. The summed E-state index contributed by atoms with van der Waals surface area (Å²) in [5, 5.41) is 9.29. The summed E-state index contributed by atoms with van der Waals surface area (Å²) in [5.74, 6) is 1.31. The average Bonchev–Trinajstić information content (AvgIpc) is 3.93. The quantitative estimate of drug-likeness (QED) is 0.145. The normalized spacial score (nSPS) is 29.3. The summed E-state index contributed by atoms with van der Waals surface area (Å²) in [6, 6.07) is 10.6. The van der Waals surface area contributed by atoms with Gasteiger partial charge in [0.1, 0.15) is 29.2 Å². The summed E-state index contributed by atoms with van der Waals surface area (Å²) in [7, 11) is 4.73. The van der Waals surface area contributed by atoms with Gasteiger partial charge >= 0.3 is 5.97 Å². The van der Waals surface area contributed by atoms with Gasteiger partial charge < -0.3 is 38.3 Å². The predicted octanol–water partition coefficient (Wildman–Crippen LogP) is 5.62. The molecule has 9 nitrogen and oxygen atoms in total. The fourth-order valence-corrected chi connectivity index (χ4v) is 6.30. The van der Waals surface area contributed by atoms with Crippen molar-refractivity contribution in [3.8, 4) is 23.0 Å². The van der Waals surface area contributed by atoms with Gasteiger partial charge in [0.05, 0.1) is 39.5 Å². The molecule has 2 aliphatic heterocycles. The SMILES string of the molecule is COc1cc(/C=C/C(=O)O[C@@H]2CC[C@]3(CO3)[C@@H]([C@@]3(C)O[C@@H]3CC=C(C)C)[C@@H]2OC)cc(OC)c1Oc1ccc(CO)cc1. The van der Waals surface area contributed by atoms with E-state index in [-0.39, 0.29) is 30.3 Å². The molecule has 3 aliphatic rings. The van der Waals surface area contributed by atoms with Gasteiger partial charge in [-0.05, 0) is 81.5 Å². The summed E-state index contributed by atoms with van der Waals surface area (Å²) < 4.78 is 41.4. The lowest BCUT2D eigenvalue weighted by Crippen LogP contribution is -2.55. The minimum atomic E-state index is -0.469. The zero-order chi connectivity index (χ0) is 30.8. The first-order chi connectivity index (χ1) is 20.7. The number of benzene rings is 2. The number of hydrogen-bond acceptors (Lipinski definition) is 9. The van der Waals surface area contributed by atoms with E-state index in [0.29, 0.717) is 41.6 Å². The molecule has 2 saturated heterocycles. The third kappa shape index (κ3) is 6.60. The Morgan fingerprint density at radius 2 is 1.77 bits per heavy atom. The topological polar surface area (TPSA) is 109 Å². The van der Waals surface area contributed by atoms with E-state index in [2.05, 4.69) is 26.8 Å². The smallest absolute Gasteiger partial charge is 0.331 e. The van der Waals surface area contributed by atoms with E-state index in [0.717, 1.165) is 18.4 Å². The third-order valence-electron chi connectivity index (χ3n) is 8.73. The maximum absolute atomic E-state index is 13.1. The molecule has 1 spiro atoms. The van der Waals surface area contributed by atoms with Gasteiger partial charge in [-0.25, -0.2) is 4.79 Å². The second kappa shape index (κ2) is 12.7. The van der Waals surface area contributed by atoms with Crippen molar-refractivity contribution in [3.63, 3.8) is 0 Å². The molecule has 1 N–H and O–H groups in total. The fraction of sp³-hybridized carbons (Fsp3) is 0.500. The monoisotopic (exact) mass is 594 g/mol. The summed E-state index contributed by atoms with van der Waals surface area (Å²) in [6.45, 7) is 6.91. The zero-order valence-electron chi connectivity index (χ0n) is 25.8. The summed E-state index contributed by atoms with van der Waals surface area (Å²) in [6.07, 6.45) is 6.82. The molecular formula is C34H42O9. The summed E-state index contributed by atoms with van der Waals surface area (Å²) in [5.41, 5.74) is 2.02. The van der Waals surface area contributed by atoms with Gasteiger partial charge in [-0.15, -0.1) is 0 Å². The van der Waals surface area contributed by atoms with Crippen LogP contribution in [0.5, 0.6) is 23.0 Å². The van der Waals surface area contributed by atoms with Gasteiger partial charge in [0.25, 0.3) is 0 Å². The van der Waals surface area contributed by atoms with Crippen molar-refractivity contribution in [3.05, 3.63) is 65.3 Å². The third-order valence-corrected chi connectivity index (χ3v) is 8.73. The highest BCUT2D eigenvalue weighted by Gasteiger charge is 2.72. The summed E-state index contributed by atoms with van der Waals surface area (Å²) in [4.78, 5) is 13.1. The number of rotatable bonds is 12. The van der Waals surface area contributed by atoms with Crippen LogP contribution >= 0.6 is 0 Å². The van der Waals surface area contributed by atoms with E-state index in [1.54, 1.807) is 49.6 Å². The minimum Gasteiger partial charge on any atom is -0.493 e. The van der Waals surface area contributed by atoms with Crippen molar-refractivity contribution in [2.45, 2.75) is 76.2 Å². The Kier molecular flexibility index (Phi) is 9.18. The van der Waals surface area contributed by atoms with Crippen molar-refractivity contribution in [1.82, 2.24) is 0 Å². The van der Waals surface area contributed by atoms with Crippen molar-refractivity contribution < 1.29 is 43.1 Å². The molecule has 0 amide bonds. The van der Waals surface area contributed by atoms with Crippen LogP contribution < -0.4 is 14.2 Å². The number of ether oxygens (including phenoxy) is 7. The number of methoxy groups -OCH3 is 3. The van der Waals surface area contributed by atoms with E-state index in [9.17, 15) is 9.90 Å². The highest BCUT2D eigenvalue weighted by molar-refractivity contribution is 5.87. The van der Waals surface area contributed by atoms with Crippen LogP contribution in [-0.4, -0.2) is 68.5 Å². The number of aliphatic hydroxyl groups excluding tert-OH is 1. The molecule has 0 radical (unpaired) electrons. The van der Waals surface area contributed by atoms with E-state index < -0.39 is 17.7 Å². The molecular weight excluding hydrogens is 552 g/mol. The first-order valence-corrected chi connectivity index (χ1v) is 14.7. The Bertz CT molecular complexity index is 1330. The standard InChI is InChI=1S/C34H42O9/c1-21(2)7-13-28-33(3,43-28)32-31(39-6)25(15-16-34(32)20-40-34)42-29(36)14-10-23-17-26(37-4)30(27(18-23)38-5)41-24-11-8-22(19-35)9-12-24/h7-12,14,17-18,25,28,31-32,35H,13,15-16,19-20H2,1-6H3/b14-10+/t25-,28-,31-,32-,33+,34+/m1/s1. The Hall–Kier alpha value is -3.37. The molecule has 43 heavy (non-hydrogen) atoms. The Labute approximate surface area is 253 Å². The molecule has 2 aromatic rings. The highest BCUT2D eigenvalue weighted by Crippen LogP contribution is 2.59. The second-order valence-electron chi connectivity index (χ2n) is 11.8. The van der Waals surface area contributed by atoms with Crippen LogP contribution in [0.4, 0.5) is 0 Å². The van der Waals surface area contributed by atoms with Crippen molar-refractivity contribution in [1.29, 1.82) is 0 Å². The number of epoxide rings is 2. The minimum absolute atomic E-state index is 0.0444. The van der Waals surface area contributed by atoms with Crippen molar-refractivity contribution >= 4 is 12.0 Å².